The summed E-state index contributed by atoms with van der Waals surface area (Å²) >= 11 is 0. The molecule has 106 valence electrons. The van der Waals surface area contributed by atoms with Crippen LogP contribution in [0.2, 0.25) is 0 Å². The lowest BCUT2D eigenvalue weighted by Gasteiger charge is -2.26. The third-order valence-electron chi connectivity index (χ3n) is 3.23. The predicted molar refractivity (Wildman–Crippen MR) is 77.5 cm³/mol. The Kier molecular flexibility index (Phi) is 5.36. The highest BCUT2D eigenvalue weighted by Gasteiger charge is 2.19. The first-order chi connectivity index (χ1) is 8.82. The summed E-state index contributed by atoms with van der Waals surface area (Å²) in [6.45, 7) is 6.72. The Hall–Kier alpha value is -1.55. The molecule has 0 saturated heterocycles. The second-order valence-corrected chi connectivity index (χ2v) is 5.54. The maximum absolute atomic E-state index is 12.3. The summed E-state index contributed by atoms with van der Waals surface area (Å²) in [5, 5.41) is 12.7. The van der Waals surface area contributed by atoms with Crippen LogP contribution in [0.4, 0.5) is 0 Å². The summed E-state index contributed by atoms with van der Waals surface area (Å²) in [5.74, 6) is 0.374. The van der Waals surface area contributed by atoms with Gasteiger partial charge in [-0.05, 0) is 39.1 Å². The molecule has 0 fully saturated rings. The van der Waals surface area contributed by atoms with Crippen molar-refractivity contribution in [1.29, 1.82) is 0 Å². The summed E-state index contributed by atoms with van der Waals surface area (Å²) in [6.07, 6.45) is 0. The van der Waals surface area contributed by atoms with Crippen molar-refractivity contribution in [3.8, 4) is 5.75 Å². The van der Waals surface area contributed by atoms with Gasteiger partial charge in [-0.15, -0.1) is 0 Å². The summed E-state index contributed by atoms with van der Waals surface area (Å²) in [5.41, 5.74) is 1.15. The molecule has 0 aliphatic heterocycles. The molecule has 2 N–H and O–H groups in total. The van der Waals surface area contributed by atoms with E-state index in [0.717, 1.165) is 6.54 Å². The van der Waals surface area contributed by atoms with Crippen LogP contribution in [-0.4, -0.2) is 42.6 Å². The van der Waals surface area contributed by atoms with E-state index in [1.165, 1.54) is 0 Å². The van der Waals surface area contributed by atoms with E-state index in [4.69, 9.17) is 0 Å². The fraction of sp³-hybridized carbons (Fsp3) is 0.533. The van der Waals surface area contributed by atoms with Crippen molar-refractivity contribution in [1.82, 2.24) is 10.2 Å². The van der Waals surface area contributed by atoms with E-state index in [1.54, 1.807) is 25.1 Å². The molecule has 1 rings (SSSR count). The number of aromatic hydroxyl groups is 1. The Balaban J connectivity index is 2.85. The van der Waals surface area contributed by atoms with Gasteiger partial charge in [0.05, 0.1) is 0 Å². The summed E-state index contributed by atoms with van der Waals surface area (Å²) in [6, 6.07) is 5.10. The number of likely N-dealkylation sites (N-methyl/N-ethyl adjacent to an activating group) is 1. The molecule has 0 spiro atoms. The SMILES string of the molecule is Cc1c(O)cccc1C(=O)NC(CN(C)C)C(C)C. The lowest BCUT2D eigenvalue weighted by Crippen LogP contribution is -2.45. The predicted octanol–water partition coefficient (Wildman–Crippen LogP) is 2.02. The highest BCUT2D eigenvalue weighted by molar-refractivity contribution is 5.96. The molecular weight excluding hydrogens is 240 g/mol. The van der Waals surface area contributed by atoms with E-state index < -0.39 is 0 Å². The molecule has 19 heavy (non-hydrogen) atoms. The van der Waals surface area contributed by atoms with Crippen LogP contribution in [0.15, 0.2) is 18.2 Å². The van der Waals surface area contributed by atoms with Gasteiger partial charge in [0.15, 0.2) is 0 Å². The van der Waals surface area contributed by atoms with Gasteiger partial charge in [-0.1, -0.05) is 19.9 Å². The van der Waals surface area contributed by atoms with Crippen molar-refractivity contribution in [3.63, 3.8) is 0 Å². The van der Waals surface area contributed by atoms with E-state index in [1.807, 2.05) is 14.1 Å². The lowest BCUT2D eigenvalue weighted by atomic mass is 10.0. The second kappa shape index (κ2) is 6.57. The molecule has 1 aromatic rings. The molecule has 4 heteroatoms. The van der Waals surface area contributed by atoms with Crippen molar-refractivity contribution in [2.24, 2.45) is 5.92 Å². The van der Waals surface area contributed by atoms with Crippen LogP contribution >= 0.6 is 0 Å². The Morgan fingerprint density at radius 2 is 2.00 bits per heavy atom. The number of nitrogens with zero attached hydrogens (tertiary/aromatic N) is 1. The lowest BCUT2D eigenvalue weighted by molar-refractivity contribution is 0.0915. The molecular formula is C15H24N2O2. The Morgan fingerprint density at radius 1 is 1.37 bits per heavy atom. The molecule has 0 aliphatic carbocycles. The van der Waals surface area contributed by atoms with E-state index in [2.05, 4.69) is 24.1 Å². The zero-order valence-corrected chi connectivity index (χ0v) is 12.4. The van der Waals surface area contributed by atoms with Crippen molar-refractivity contribution in [2.45, 2.75) is 26.8 Å². The van der Waals surface area contributed by atoms with Crippen LogP contribution in [-0.2, 0) is 0 Å². The number of carbonyl (C=O) groups excluding carboxylic acids is 1. The molecule has 4 nitrogen and oxygen atoms in total. The number of hydrogen-bond acceptors (Lipinski definition) is 3. The topological polar surface area (TPSA) is 52.6 Å². The Morgan fingerprint density at radius 3 is 2.53 bits per heavy atom. The summed E-state index contributed by atoms with van der Waals surface area (Å²) < 4.78 is 0. The molecule has 1 amide bonds. The third-order valence-corrected chi connectivity index (χ3v) is 3.23. The number of carbonyl (C=O) groups is 1. The van der Waals surface area contributed by atoms with E-state index in [-0.39, 0.29) is 17.7 Å². The smallest absolute Gasteiger partial charge is 0.251 e. The number of phenolic OH excluding ortho intramolecular Hbond substituents is 1. The molecule has 0 saturated carbocycles. The fourth-order valence-corrected chi connectivity index (χ4v) is 1.93. The molecule has 1 aromatic carbocycles. The first-order valence-electron chi connectivity index (χ1n) is 6.57. The highest BCUT2D eigenvalue weighted by Crippen LogP contribution is 2.19. The molecule has 0 aromatic heterocycles. The van der Waals surface area contributed by atoms with Gasteiger partial charge in [-0.25, -0.2) is 0 Å². The van der Waals surface area contributed by atoms with Crippen molar-refractivity contribution in [2.75, 3.05) is 20.6 Å². The normalized spacial score (nSPS) is 12.8. The quantitative estimate of drug-likeness (QED) is 0.855. The van der Waals surface area contributed by atoms with E-state index in [0.29, 0.717) is 17.0 Å². The average Bonchev–Trinajstić information content (AvgIpc) is 2.31. The number of hydrogen-bond donors (Lipinski definition) is 2. The van der Waals surface area contributed by atoms with Crippen LogP contribution in [0, 0.1) is 12.8 Å². The van der Waals surface area contributed by atoms with Crippen molar-refractivity contribution in [3.05, 3.63) is 29.3 Å². The summed E-state index contributed by atoms with van der Waals surface area (Å²) in [4.78, 5) is 14.3. The first kappa shape index (κ1) is 15.5. The van der Waals surface area contributed by atoms with Gasteiger partial charge in [0.2, 0.25) is 0 Å². The maximum atomic E-state index is 12.3. The van der Waals surface area contributed by atoms with Crippen LogP contribution in [0.25, 0.3) is 0 Å². The number of amides is 1. The number of benzene rings is 1. The minimum absolute atomic E-state index is 0.0873. The van der Waals surface area contributed by atoms with Gasteiger partial charge in [-0.2, -0.15) is 0 Å². The minimum atomic E-state index is -0.131. The zero-order chi connectivity index (χ0) is 14.6. The van der Waals surface area contributed by atoms with Crippen molar-refractivity contribution < 1.29 is 9.90 Å². The highest BCUT2D eigenvalue weighted by atomic mass is 16.3. The average molecular weight is 264 g/mol. The van der Waals surface area contributed by atoms with Crippen molar-refractivity contribution >= 4 is 5.91 Å². The fourth-order valence-electron chi connectivity index (χ4n) is 1.93. The number of rotatable bonds is 5. The second-order valence-electron chi connectivity index (χ2n) is 5.54. The third kappa shape index (κ3) is 4.24. The van der Waals surface area contributed by atoms with Crippen LogP contribution in [0.5, 0.6) is 5.75 Å². The molecule has 0 heterocycles. The van der Waals surface area contributed by atoms with Crippen LogP contribution in [0.1, 0.15) is 29.8 Å². The number of nitrogens with one attached hydrogen (secondary N) is 1. The molecule has 0 bridgehead atoms. The maximum Gasteiger partial charge on any atom is 0.251 e. The number of phenols is 1. The summed E-state index contributed by atoms with van der Waals surface area (Å²) in [7, 11) is 3.97. The monoisotopic (exact) mass is 264 g/mol. The van der Waals surface area contributed by atoms with Gasteiger partial charge in [0, 0.05) is 23.7 Å². The molecule has 0 aliphatic rings. The van der Waals surface area contributed by atoms with Gasteiger partial charge < -0.3 is 15.3 Å². The van der Waals surface area contributed by atoms with E-state index in [9.17, 15) is 9.90 Å². The largest absolute Gasteiger partial charge is 0.508 e. The van der Waals surface area contributed by atoms with Gasteiger partial charge in [0.1, 0.15) is 5.75 Å². The first-order valence-corrected chi connectivity index (χ1v) is 6.57. The Labute approximate surface area is 115 Å². The molecule has 1 unspecified atom stereocenters. The minimum Gasteiger partial charge on any atom is -0.508 e. The zero-order valence-electron chi connectivity index (χ0n) is 12.4. The van der Waals surface area contributed by atoms with Gasteiger partial charge >= 0.3 is 0 Å². The van der Waals surface area contributed by atoms with E-state index >= 15 is 0 Å². The van der Waals surface area contributed by atoms with Gasteiger partial charge in [-0.3, -0.25) is 4.79 Å². The Bertz CT molecular complexity index is 442. The molecule has 1 atom stereocenters. The standard InChI is InChI=1S/C15H24N2O2/c1-10(2)13(9-17(4)5)16-15(19)12-7-6-8-14(18)11(12)3/h6-8,10,13,18H,9H2,1-5H3,(H,16,19). The molecule has 0 radical (unpaired) electrons. The van der Waals surface area contributed by atoms with Crippen LogP contribution in [0.3, 0.4) is 0 Å². The van der Waals surface area contributed by atoms with Gasteiger partial charge in [0.25, 0.3) is 5.91 Å². The van der Waals surface area contributed by atoms with Crippen LogP contribution < -0.4 is 5.32 Å².